The van der Waals surface area contributed by atoms with Crippen LogP contribution in [0.2, 0.25) is 0 Å². The lowest BCUT2D eigenvalue weighted by Crippen LogP contribution is -2.16. The van der Waals surface area contributed by atoms with E-state index in [1.165, 1.54) is 11.3 Å². The van der Waals surface area contributed by atoms with Crippen molar-refractivity contribution in [1.29, 1.82) is 0 Å². The molecule has 0 fully saturated rings. The van der Waals surface area contributed by atoms with Crippen LogP contribution in [-0.4, -0.2) is 23.7 Å². The SMILES string of the molecule is CCCCN=c1sc(C(=O)OCC)c(N)n1-c1ccccc1. The number of thiazole rings is 1. The lowest BCUT2D eigenvalue weighted by atomic mass is 10.3. The number of hydrogen-bond donors (Lipinski definition) is 1. The number of nitrogens with zero attached hydrogens (tertiary/aromatic N) is 2. The predicted octanol–water partition coefficient (Wildman–Crippen LogP) is 3.00. The Balaban J connectivity index is 2.53. The lowest BCUT2D eigenvalue weighted by Gasteiger charge is -2.06. The lowest BCUT2D eigenvalue weighted by molar-refractivity contribution is 0.0533. The van der Waals surface area contributed by atoms with Crippen LogP contribution in [0, 0.1) is 0 Å². The van der Waals surface area contributed by atoms with Gasteiger partial charge in [-0.2, -0.15) is 0 Å². The van der Waals surface area contributed by atoms with Gasteiger partial charge in [0.1, 0.15) is 5.82 Å². The number of nitrogen functional groups attached to an aromatic ring is 1. The number of carbonyl (C=O) groups is 1. The second-order valence-electron chi connectivity index (χ2n) is 4.73. The number of unbranched alkanes of at least 4 members (excludes halogenated alkanes) is 1. The number of rotatable bonds is 6. The minimum Gasteiger partial charge on any atom is -0.462 e. The van der Waals surface area contributed by atoms with Gasteiger partial charge in [0.15, 0.2) is 9.68 Å². The van der Waals surface area contributed by atoms with Gasteiger partial charge in [0.25, 0.3) is 0 Å². The summed E-state index contributed by atoms with van der Waals surface area (Å²) in [6.07, 6.45) is 2.07. The normalized spacial score (nSPS) is 11.6. The third kappa shape index (κ3) is 3.57. The number of aromatic nitrogens is 1. The monoisotopic (exact) mass is 319 g/mol. The average Bonchev–Trinajstić information content (AvgIpc) is 2.85. The summed E-state index contributed by atoms with van der Waals surface area (Å²) < 4.78 is 6.89. The topological polar surface area (TPSA) is 69.6 Å². The highest BCUT2D eigenvalue weighted by atomic mass is 32.1. The Kier molecular flexibility index (Phi) is 5.77. The number of esters is 1. The molecule has 0 aliphatic rings. The smallest absolute Gasteiger partial charge is 0.352 e. The van der Waals surface area contributed by atoms with Crippen LogP contribution in [0.25, 0.3) is 5.69 Å². The fourth-order valence-electron chi connectivity index (χ4n) is 2.00. The van der Waals surface area contributed by atoms with E-state index in [9.17, 15) is 4.79 Å². The number of para-hydroxylation sites is 1. The van der Waals surface area contributed by atoms with Crippen LogP contribution in [0.1, 0.15) is 36.4 Å². The maximum absolute atomic E-state index is 12.0. The van der Waals surface area contributed by atoms with Crippen molar-refractivity contribution in [3.63, 3.8) is 0 Å². The minimum atomic E-state index is -0.397. The molecule has 0 aliphatic carbocycles. The zero-order chi connectivity index (χ0) is 15.9. The van der Waals surface area contributed by atoms with Gasteiger partial charge in [-0.05, 0) is 25.5 Å². The van der Waals surface area contributed by atoms with Gasteiger partial charge in [-0.1, -0.05) is 42.9 Å². The Morgan fingerprint density at radius 1 is 1.32 bits per heavy atom. The van der Waals surface area contributed by atoms with E-state index in [0.717, 1.165) is 23.3 Å². The number of carbonyl (C=O) groups excluding carboxylic acids is 1. The first-order chi connectivity index (χ1) is 10.7. The summed E-state index contributed by atoms with van der Waals surface area (Å²) in [7, 11) is 0. The van der Waals surface area contributed by atoms with E-state index < -0.39 is 5.97 Å². The molecule has 2 N–H and O–H groups in total. The van der Waals surface area contributed by atoms with Crippen LogP contribution in [0.3, 0.4) is 0 Å². The number of hydrogen-bond acceptors (Lipinski definition) is 5. The van der Waals surface area contributed by atoms with Gasteiger partial charge in [0, 0.05) is 12.2 Å². The molecule has 0 saturated heterocycles. The zero-order valence-corrected chi connectivity index (χ0v) is 13.7. The summed E-state index contributed by atoms with van der Waals surface area (Å²) in [5.74, 6) is -0.0171. The number of anilines is 1. The largest absolute Gasteiger partial charge is 0.462 e. The van der Waals surface area contributed by atoms with Crippen molar-refractivity contribution < 1.29 is 9.53 Å². The molecule has 1 heterocycles. The molecular formula is C16H21N3O2S. The Hall–Kier alpha value is -2.08. The summed E-state index contributed by atoms with van der Waals surface area (Å²) in [6.45, 7) is 4.93. The molecule has 0 saturated carbocycles. The second kappa shape index (κ2) is 7.79. The van der Waals surface area contributed by atoms with E-state index >= 15 is 0 Å². The molecule has 5 nitrogen and oxygen atoms in total. The van der Waals surface area contributed by atoms with Crippen molar-refractivity contribution in [3.05, 3.63) is 40.0 Å². The summed E-state index contributed by atoms with van der Waals surface area (Å²) >= 11 is 1.28. The van der Waals surface area contributed by atoms with Crippen molar-refractivity contribution in [2.24, 2.45) is 4.99 Å². The van der Waals surface area contributed by atoms with Crippen LogP contribution < -0.4 is 10.5 Å². The number of benzene rings is 1. The van der Waals surface area contributed by atoms with E-state index in [2.05, 4.69) is 11.9 Å². The molecule has 0 atom stereocenters. The van der Waals surface area contributed by atoms with Gasteiger partial charge in [0.2, 0.25) is 0 Å². The molecule has 1 aromatic heterocycles. The van der Waals surface area contributed by atoms with Crippen molar-refractivity contribution in [2.75, 3.05) is 18.9 Å². The number of nitrogens with two attached hydrogens (primary N) is 1. The molecule has 0 unspecified atom stereocenters. The van der Waals surface area contributed by atoms with E-state index in [4.69, 9.17) is 10.5 Å². The van der Waals surface area contributed by atoms with Crippen LogP contribution in [0.5, 0.6) is 0 Å². The van der Waals surface area contributed by atoms with E-state index in [1.807, 2.05) is 34.9 Å². The Morgan fingerprint density at radius 2 is 2.05 bits per heavy atom. The maximum Gasteiger partial charge on any atom is 0.352 e. The molecule has 6 heteroatoms. The molecule has 1 aromatic carbocycles. The standard InChI is InChI=1S/C16H21N3O2S/c1-3-5-11-18-16-19(12-9-7-6-8-10-12)14(17)13(22-16)15(20)21-4-2/h6-10H,3-5,11,17H2,1-2H3. The van der Waals surface area contributed by atoms with E-state index in [1.54, 1.807) is 6.92 Å². The summed E-state index contributed by atoms with van der Waals surface area (Å²) in [6, 6.07) is 9.68. The molecule has 0 radical (unpaired) electrons. The first-order valence-corrected chi connectivity index (χ1v) is 8.25. The first kappa shape index (κ1) is 16.3. The van der Waals surface area contributed by atoms with Crippen LogP contribution >= 0.6 is 11.3 Å². The van der Waals surface area contributed by atoms with Gasteiger partial charge in [-0.15, -0.1) is 0 Å². The Bertz CT molecular complexity index is 689. The van der Waals surface area contributed by atoms with E-state index in [0.29, 0.717) is 23.8 Å². The summed E-state index contributed by atoms with van der Waals surface area (Å²) in [5.41, 5.74) is 7.07. The average molecular weight is 319 g/mol. The van der Waals surface area contributed by atoms with E-state index in [-0.39, 0.29) is 0 Å². The quantitative estimate of drug-likeness (QED) is 0.657. The summed E-state index contributed by atoms with van der Waals surface area (Å²) in [4.78, 5) is 17.8. The number of ether oxygens (including phenoxy) is 1. The highest BCUT2D eigenvalue weighted by molar-refractivity contribution is 7.11. The molecule has 0 amide bonds. The molecular weight excluding hydrogens is 298 g/mol. The molecule has 0 bridgehead atoms. The van der Waals surface area contributed by atoms with Crippen molar-refractivity contribution in [1.82, 2.24) is 4.57 Å². The first-order valence-electron chi connectivity index (χ1n) is 7.43. The van der Waals surface area contributed by atoms with Gasteiger partial charge in [0.05, 0.1) is 6.61 Å². The molecule has 22 heavy (non-hydrogen) atoms. The molecule has 2 rings (SSSR count). The zero-order valence-electron chi connectivity index (χ0n) is 12.9. The Labute approximate surface area is 134 Å². The van der Waals surface area contributed by atoms with Gasteiger partial charge in [-0.25, -0.2) is 4.79 Å². The molecule has 118 valence electrons. The van der Waals surface area contributed by atoms with Gasteiger partial charge in [-0.3, -0.25) is 9.56 Å². The highest BCUT2D eigenvalue weighted by Gasteiger charge is 2.19. The van der Waals surface area contributed by atoms with Crippen molar-refractivity contribution in [2.45, 2.75) is 26.7 Å². The summed E-state index contributed by atoms with van der Waals surface area (Å²) in [5, 5.41) is 0. The fraction of sp³-hybridized carbons (Fsp3) is 0.375. The molecule has 0 aliphatic heterocycles. The third-order valence-electron chi connectivity index (χ3n) is 3.09. The van der Waals surface area contributed by atoms with Gasteiger partial charge < -0.3 is 10.5 Å². The van der Waals surface area contributed by atoms with Crippen molar-refractivity contribution >= 4 is 23.1 Å². The minimum absolute atomic E-state index is 0.323. The predicted molar refractivity (Wildman–Crippen MR) is 89.4 cm³/mol. The van der Waals surface area contributed by atoms with Crippen LogP contribution in [0.15, 0.2) is 35.3 Å². The third-order valence-corrected chi connectivity index (χ3v) is 4.17. The second-order valence-corrected chi connectivity index (χ2v) is 5.70. The van der Waals surface area contributed by atoms with Gasteiger partial charge >= 0.3 is 5.97 Å². The van der Waals surface area contributed by atoms with Crippen molar-refractivity contribution in [3.8, 4) is 5.69 Å². The molecule has 2 aromatic rings. The fourth-order valence-corrected chi connectivity index (χ4v) is 2.97. The van der Waals surface area contributed by atoms with Crippen LogP contribution in [-0.2, 0) is 4.74 Å². The Morgan fingerprint density at radius 3 is 2.68 bits per heavy atom. The molecule has 0 spiro atoms. The maximum atomic E-state index is 12.0. The van der Waals surface area contributed by atoms with Crippen LogP contribution in [0.4, 0.5) is 5.82 Å². The highest BCUT2D eigenvalue weighted by Crippen LogP contribution is 2.20.